The Morgan fingerprint density at radius 3 is 2.73 bits per heavy atom. The number of rotatable bonds is 7. The molecular weight excluding hydrogens is 296 g/mol. The van der Waals surface area contributed by atoms with Gasteiger partial charge in [0, 0.05) is 36.9 Å². The first-order valence-electron chi connectivity index (χ1n) is 7.70. The van der Waals surface area contributed by atoms with Crippen molar-refractivity contribution in [1.82, 2.24) is 10.0 Å². The Morgan fingerprint density at radius 2 is 2.09 bits per heavy atom. The van der Waals surface area contributed by atoms with E-state index in [1.54, 1.807) is 6.08 Å². The third kappa shape index (κ3) is 4.60. The zero-order valence-corrected chi connectivity index (χ0v) is 13.7. The number of aliphatic hydroxyl groups is 1. The molecule has 120 valence electrons. The smallest absolute Gasteiger partial charge is 0.237 e. The number of hydrazine groups is 1. The molecule has 5 heteroatoms. The molecule has 2 rings (SSSR count). The Balaban J connectivity index is 2.01. The van der Waals surface area contributed by atoms with Gasteiger partial charge in [0.2, 0.25) is 5.91 Å². The molecule has 4 nitrogen and oxygen atoms in total. The molecule has 0 spiro atoms. The molecule has 0 saturated carbocycles. The van der Waals surface area contributed by atoms with E-state index in [-0.39, 0.29) is 18.4 Å². The van der Waals surface area contributed by atoms with Gasteiger partial charge in [-0.3, -0.25) is 9.80 Å². The van der Waals surface area contributed by atoms with Crippen molar-refractivity contribution < 1.29 is 9.90 Å². The second kappa shape index (κ2) is 8.36. The molecule has 1 aromatic rings. The van der Waals surface area contributed by atoms with Gasteiger partial charge in [-0.15, -0.1) is 19.2 Å². The Hall–Kier alpha value is -1.30. The fraction of sp³-hybridized carbons (Fsp3) is 0.471. The first kappa shape index (κ1) is 17.1. The normalized spacial score (nSPS) is 17.5. The molecule has 1 aliphatic heterocycles. The zero-order valence-electron chi connectivity index (χ0n) is 12.8. The van der Waals surface area contributed by atoms with E-state index in [2.05, 4.69) is 24.2 Å². The van der Waals surface area contributed by atoms with Crippen LogP contribution in [0.15, 0.2) is 41.8 Å². The summed E-state index contributed by atoms with van der Waals surface area (Å²) in [6.45, 7) is 6.07. The molecule has 0 aliphatic carbocycles. The van der Waals surface area contributed by atoms with Crippen molar-refractivity contribution in [2.45, 2.75) is 30.7 Å². The second-order valence-corrected chi connectivity index (χ2v) is 6.16. The molecular formula is C17H24N2O2S. The number of hydrogen-bond donors (Lipinski definition) is 2. The van der Waals surface area contributed by atoms with Crippen LogP contribution in [0.1, 0.15) is 24.8 Å². The minimum Gasteiger partial charge on any atom is -0.396 e. The van der Waals surface area contributed by atoms with Crippen molar-refractivity contribution in [3.63, 3.8) is 0 Å². The van der Waals surface area contributed by atoms with Gasteiger partial charge in [-0.05, 0) is 30.5 Å². The van der Waals surface area contributed by atoms with Gasteiger partial charge < -0.3 is 5.11 Å². The SMILES string of the molecule is C=CC(CO)CCN1CCCC(=O)N1Cc1ccc(S)cc1. The predicted molar refractivity (Wildman–Crippen MR) is 90.4 cm³/mol. The van der Waals surface area contributed by atoms with Crippen LogP contribution in [0.4, 0.5) is 0 Å². The van der Waals surface area contributed by atoms with Crippen LogP contribution in [0.25, 0.3) is 0 Å². The van der Waals surface area contributed by atoms with Gasteiger partial charge in [-0.2, -0.15) is 0 Å². The third-order valence-electron chi connectivity index (χ3n) is 4.03. The van der Waals surface area contributed by atoms with Crippen molar-refractivity contribution in [3.8, 4) is 0 Å². The number of nitrogens with zero attached hydrogens (tertiary/aromatic N) is 2. The highest BCUT2D eigenvalue weighted by atomic mass is 32.1. The molecule has 0 radical (unpaired) electrons. The van der Waals surface area contributed by atoms with Crippen molar-refractivity contribution in [3.05, 3.63) is 42.5 Å². The third-order valence-corrected chi connectivity index (χ3v) is 4.33. The fourth-order valence-corrected chi connectivity index (χ4v) is 2.76. The van der Waals surface area contributed by atoms with E-state index in [1.165, 1.54) is 0 Å². The molecule has 1 heterocycles. The summed E-state index contributed by atoms with van der Waals surface area (Å²) in [5.74, 6) is 0.252. The van der Waals surface area contributed by atoms with Crippen LogP contribution < -0.4 is 0 Å². The van der Waals surface area contributed by atoms with E-state index in [0.717, 1.165) is 36.4 Å². The standard InChI is InChI=1S/C17H24N2O2S/c1-2-14(13-20)9-11-18-10-3-4-17(21)19(18)12-15-5-7-16(22)8-6-15/h2,5-8,14,20,22H,1,3-4,9-13H2. The molecule has 22 heavy (non-hydrogen) atoms. The van der Waals surface area contributed by atoms with Gasteiger partial charge >= 0.3 is 0 Å². The maximum absolute atomic E-state index is 12.3. The highest BCUT2D eigenvalue weighted by Gasteiger charge is 2.26. The number of hydrogen-bond acceptors (Lipinski definition) is 4. The Labute approximate surface area is 137 Å². The summed E-state index contributed by atoms with van der Waals surface area (Å²) in [6, 6.07) is 7.89. The first-order valence-corrected chi connectivity index (χ1v) is 8.15. The van der Waals surface area contributed by atoms with Gasteiger partial charge in [0.15, 0.2) is 0 Å². The zero-order chi connectivity index (χ0) is 15.9. The fourth-order valence-electron chi connectivity index (χ4n) is 2.61. The molecule has 1 fully saturated rings. The average Bonchev–Trinajstić information content (AvgIpc) is 2.53. The first-order chi connectivity index (χ1) is 10.6. The highest BCUT2D eigenvalue weighted by Crippen LogP contribution is 2.19. The topological polar surface area (TPSA) is 43.8 Å². The summed E-state index contributed by atoms with van der Waals surface area (Å²) in [5.41, 5.74) is 1.10. The monoisotopic (exact) mass is 320 g/mol. The number of amides is 1. The van der Waals surface area contributed by atoms with E-state index in [9.17, 15) is 9.90 Å². The summed E-state index contributed by atoms with van der Waals surface area (Å²) in [5, 5.41) is 13.2. The van der Waals surface area contributed by atoms with E-state index in [1.807, 2.05) is 29.3 Å². The lowest BCUT2D eigenvalue weighted by molar-refractivity contribution is -0.157. The Kier molecular flexibility index (Phi) is 6.49. The van der Waals surface area contributed by atoms with Crippen LogP contribution in [0.3, 0.4) is 0 Å². The number of carbonyl (C=O) groups is 1. The number of thiol groups is 1. The molecule has 1 atom stereocenters. The maximum Gasteiger partial charge on any atom is 0.237 e. The van der Waals surface area contributed by atoms with Gasteiger partial charge in [0.25, 0.3) is 0 Å². The number of aliphatic hydroxyl groups excluding tert-OH is 1. The average molecular weight is 320 g/mol. The van der Waals surface area contributed by atoms with Crippen molar-refractivity contribution in [2.24, 2.45) is 5.92 Å². The highest BCUT2D eigenvalue weighted by molar-refractivity contribution is 7.80. The van der Waals surface area contributed by atoms with Crippen molar-refractivity contribution >= 4 is 18.5 Å². The van der Waals surface area contributed by atoms with Crippen LogP contribution in [0.5, 0.6) is 0 Å². The quantitative estimate of drug-likeness (QED) is 0.599. The molecule has 1 aliphatic rings. The van der Waals surface area contributed by atoms with Gasteiger partial charge in [-0.25, -0.2) is 5.01 Å². The number of benzene rings is 1. The summed E-state index contributed by atoms with van der Waals surface area (Å²) in [6.07, 6.45) is 4.08. The van der Waals surface area contributed by atoms with E-state index in [4.69, 9.17) is 0 Å². The van der Waals surface area contributed by atoms with E-state index >= 15 is 0 Å². The van der Waals surface area contributed by atoms with Crippen molar-refractivity contribution in [2.75, 3.05) is 19.7 Å². The lowest BCUT2D eigenvalue weighted by Crippen LogP contribution is -2.50. The van der Waals surface area contributed by atoms with Gasteiger partial charge in [0.05, 0.1) is 6.54 Å². The molecule has 1 aromatic carbocycles. The van der Waals surface area contributed by atoms with Crippen LogP contribution >= 0.6 is 12.6 Å². The van der Waals surface area contributed by atoms with Crippen LogP contribution in [-0.4, -0.2) is 40.7 Å². The molecule has 1 N–H and O–H groups in total. The van der Waals surface area contributed by atoms with Gasteiger partial charge in [-0.1, -0.05) is 18.2 Å². The summed E-state index contributed by atoms with van der Waals surface area (Å²) in [7, 11) is 0. The summed E-state index contributed by atoms with van der Waals surface area (Å²) >= 11 is 4.29. The molecule has 0 bridgehead atoms. The lowest BCUT2D eigenvalue weighted by atomic mass is 10.1. The summed E-state index contributed by atoms with van der Waals surface area (Å²) < 4.78 is 0. The van der Waals surface area contributed by atoms with Crippen LogP contribution in [0.2, 0.25) is 0 Å². The van der Waals surface area contributed by atoms with E-state index in [0.29, 0.717) is 13.0 Å². The molecule has 1 amide bonds. The molecule has 0 aromatic heterocycles. The minimum absolute atomic E-state index is 0.0855. The second-order valence-electron chi connectivity index (χ2n) is 5.64. The molecule has 1 unspecified atom stereocenters. The Bertz CT molecular complexity index is 504. The minimum atomic E-state index is 0.0855. The van der Waals surface area contributed by atoms with Crippen LogP contribution in [0, 0.1) is 5.92 Å². The number of carbonyl (C=O) groups excluding carboxylic acids is 1. The van der Waals surface area contributed by atoms with E-state index < -0.39 is 0 Å². The predicted octanol–water partition coefficient (Wildman–Crippen LogP) is 2.50. The van der Waals surface area contributed by atoms with Gasteiger partial charge in [0.1, 0.15) is 0 Å². The summed E-state index contributed by atoms with van der Waals surface area (Å²) in [4.78, 5) is 13.2. The lowest BCUT2D eigenvalue weighted by Gasteiger charge is -2.39. The van der Waals surface area contributed by atoms with Crippen molar-refractivity contribution in [1.29, 1.82) is 0 Å². The maximum atomic E-state index is 12.3. The largest absolute Gasteiger partial charge is 0.396 e. The Morgan fingerprint density at radius 1 is 1.36 bits per heavy atom. The molecule has 1 saturated heterocycles. The van der Waals surface area contributed by atoms with Crippen LogP contribution in [-0.2, 0) is 11.3 Å².